The van der Waals surface area contributed by atoms with Gasteiger partial charge < -0.3 is 9.47 Å². The van der Waals surface area contributed by atoms with Crippen LogP contribution in [0.15, 0.2) is 60.0 Å². The van der Waals surface area contributed by atoms with Crippen LogP contribution in [0.1, 0.15) is 41.1 Å². The Morgan fingerprint density at radius 1 is 1.03 bits per heavy atom. The Labute approximate surface area is 185 Å². The van der Waals surface area contributed by atoms with Crippen molar-refractivity contribution in [2.75, 3.05) is 6.54 Å². The SMILES string of the molecule is CCc1nc(-c2nnc3n2CCN(C(=O)c2ccc(-c4ccccc4)cc2)C3C)cs1. The van der Waals surface area contributed by atoms with Gasteiger partial charge in [-0.15, -0.1) is 21.5 Å². The van der Waals surface area contributed by atoms with Gasteiger partial charge in [0.2, 0.25) is 0 Å². The Kier molecular flexibility index (Phi) is 5.11. The molecule has 2 aromatic carbocycles. The number of hydrogen-bond acceptors (Lipinski definition) is 5. The quantitative estimate of drug-likeness (QED) is 0.465. The molecule has 0 radical (unpaired) electrons. The maximum atomic E-state index is 13.2. The van der Waals surface area contributed by atoms with Gasteiger partial charge in [0.15, 0.2) is 11.6 Å². The number of aryl methyl sites for hydroxylation is 1. The molecule has 3 heterocycles. The van der Waals surface area contributed by atoms with Gasteiger partial charge in [-0.05, 0) is 36.6 Å². The van der Waals surface area contributed by atoms with Gasteiger partial charge >= 0.3 is 0 Å². The summed E-state index contributed by atoms with van der Waals surface area (Å²) in [6.45, 7) is 5.39. The lowest BCUT2D eigenvalue weighted by Gasteiger charge is -2.33. The number of aromatic nitrogens is 4. The first-order chi connectivity index (χ1) is 15.2. The zero-order valence-corrected chi connectivity index (χ0v) is 18.3. The zero-order chi connectivity index (χ0) is 21.4. The number of rotatable bonds is 4. The highest BCUT2D eigenvalue weighted by molar-refractivity contribution is 7.09. The second kappa shape index (κ2) is 8.07. The Balaban J connectivity index is 1.37. The highest BCUT2D eigenvalue weighted by atomic mass is 32.1. The minimum Gasteiger partial charge on any atom is -0.327 e. The van der Waals surface area contributed by atoms with Crippen LogP contribution in [-0.2, 0) is 13.0 Å². The topological polar surface area (TPSA) is 63.9 Å². The third-order valence-corrected chi connectivity index (χ3v) is 6.76. The second-order valence-corrected chi connectivity index (χ2v) is 8.57. The van der Waals surface area contributed by atoms with Gasteiger partial charge in [-0.1, -0.05) is 49.4 Å². The average Bonchev–Trinajstić information content (AvgIpc) is 3.47. The molecule has 0 aliphatic carbocycles. The Morgan fingerprint density at radius 2 is 1.77 bits per heavy atom. The fourth-order valence-corrected chi connectivity index (χ4v) is 4.75. The molecule has 156 valence electrons. The van der Waals surface area contributed by atoms with Gasteiger partial charge in [0, 0.05) is 24.0 Å². The molecule has 1 aliphatic rings. The predicted octanol–water partition coefficient (Wildman–Crippen LogP) is 4.85. The van der Waals surface area contributed by atoms with E-state index in [4.69, 9.17) is 0 Å². The fraction of sp³-hybridized carbons (Fsp3) is 0.250. The number of benzene rings is 2. The first kappa shape index (κ1) is 19.6. The van der Waals surface area contributed by atoms with Crippen LogP contribution in [0, 0.1) is 0 Å². The summed E-state index contributed by atoms with van der Waals surface area (Å²) in [5.74, 6) is 1.61. The summed E-state index contributed by atoms with van der Waals surface area (Å²) in [4.78, 5) is 19.8. The lowest BCUT2D eigenvalue weighted by molar-refractivity contribution is 0.0638. The number of hydrogen-bond donors (Lipinski definition) is 0. The van der Waals surface area contributed by atoms with E-state index in [0.717, 1.165) is 39.9 Å². The molecule has 1 atom stereocenters. The molecule has 1 aliphatic heterocycles. The van der Waals surface area contributed by atoms with Crippen molar-refractivity contribution >= 4 is 17.2 Å². The van der Waals surface area contributed by atoms with Gasteiger partial charge in [0.25, 0.3) is 5.91 Å². The molecule has 1 amide bonds. The zero-order valence-electron chi connectivity index (χ0n) is 17.5. The van der Waals surface area contributed by atoms with Crippen LogP contribution in [0.5, 0.6) is 0 Å². The van der Waals surface area contributed by atoms with E-state index in [2.05, 4.69) is 38.8 Å². The summed E-state index contributed by atoms with van der Waals surface area (Å²) in [6.07, 6.45) is 0.910. The first-order valence-corrected chi connectivity index (χ1v) is 11.4. The number of carbonyl (C=O) groups excluding carboxylic acids is 1. The molecule has 5 rings (SSSR count). The van der Waals surface area contributed by atoms with Crippen LogP contribution in [0.3, 0.4) is 0 Å². The first-order valence-electron chi connectivity index (χ1n) is 10.5. The van der Waals surface area contributed by atoms with Crippen molar-refractivity contribution in [2.24, 2.45) is 0 Å². The molecule has 0 fully saturated rings. The van der Waals surface area contributed by atoms with E-state index in [0.29, 0.717) is 18.7 Å². The van der Waals surface area contributed by atoms with Gasteiger partial charge in [-0.2, -0.15) is 0 Å². The van der Waals surface area contributed by atoms with Gasteiger partial charge in [-0.3, -0.25) is 4.79 Å². The summed E-state index contributed by atoms with van der Waals surface area (Å²) < 4.78 is 2.10. The molecule has 31 heavy (non-hydrogen) atoms. The minimum absolute atomic E-state index is 0.0184. The standard InChI is InChI=1S/C24H23N5OS/c1-3-21-25-20(15-31-21)23-27-26-22-16(2)28(13-14-29(22)23)24(30)19-11-9-18(10-12-19)17-7-5-4-6-8-17/h4-12,15-16H,3,13-14H2,1-2H3. The number of amides is 1. The molecule has 4 aromatic rings. The van der Waals surface area contributed by atoms with E-state index >= 15 is 0 Å². The lowest BCUT2D eigenvalue weighted by atomic mass is 10.0. The minimum atomic E-state index is -0.152. The normalized spacial score (nSPS) is 15.7. The second-order valence-electron chi connectivity index (χ2n) is 7.63. The lowest BCUT2D eigenvalue weighted by Crippen LogP contribution is -2.41. The number of nitrogens with zero attached hydrogens (tertiary/aromatic N) is 5. The molecule has 0 bridgehead atoms. The van der Waals surface area contributed by atoms with Gasteiger partial charge in [0.1, 0.15) is 5.69 Å². The highest BCUT2D eigenvalue weighted by Crippen LogP contribution is 2.30. The molecule has 0 saturated carbocycles. The van der Waals surface area contributed by atoms with Crippen LogP contribution in [-0.4, -0.2) is 37.1 Å². The van der Waals surface area contributed by atoms with Crippen molar-refractivity contribution in [3.8, 4) is 22.6 Å². The summed E-state index contributed by atoms with van der Waals surface area (Å²) in [5.41, 5.74) is 3.79. The summed E-state index contributed by atoms with van der Waals surface area (Å²) >= 11 is 1.64. The van der Waals surface area contributed by atoms with Crippen molar-refractivity contribution in [1.82, 2.24) is 24.6 Å². The van der Waals surface area contributed by atoms with E-state index in [1.807, 2.05) is 59.7 Å². The largest absolute Gasteiger partial charge is 0.327 e. The number of thiazole rings is 1. The van der Waals surface area contributed by atoms with E-state index in [1.165, 1.54) is 0 Å². The monoisotopic (exact) mass is 429 g/mol. The van der Waals surface area contributed by atoms with Crippen molar-refractivity contribution in [1.29, 1.82) is 0 Å². The number of fused-ring (bicyclic) bond motifs is 1. The highest BCUT2D eigenvalue weighted by Gasteiger charge is 2.32. The van der Waals surface area contributed by atoms with Crippen molar-refractivity contribution < 1.29 is 4.79 Å². The third-order valence-electron chi connectivity index (χ3n) is 5.77. The van der Waals surface area contributed by atoms with Gasteiger partial charge in [-0.25, -0.2) is 4.98 Å². The predicted molar refractivity (Wildman–Crippen MR) is 122 cm³/mol. The summed E-state index contributed by atoms with van der Waals surface area (Å²) in [7, 11) is 0. The molecule has 0 spiro atoms. The van der Waals surface area contributed by atoms with E-state index in [9.17, 15) is 4.79 Å². The van der Waals surface area contributed by atoms with Crippen LogP contribution >= 0.6 is 11.3 Å². The van der Waals surface area contributed by atoms with Gasteiger partial charge in [0.05, 0.1) is 11.0 Å². The van der Waals surface area contributed by atoms with Crippen LogP contribution < -0.4 is 0 Å². The molecular weight excluding hydrogens is 406 g/mol. The molecular formula is C24H23N5OS. The van der Waals surface area contributed by atoms with Crippen molar-refractivity contribution in [2.45, 2.75) is 32.9 Å². The van der Waals surface area contributed by atoms with Crippen molar-refractivity contribution in [3.05, 3.63) is 76.4 Å². The smallest absolute Gasteiger partial charge is 0.254 e. The summed E-state index contributed by atoms with van der Waals surface area (Å²) in [6, 6.07) is 17.8. The Morgan fingerprint density at radius 3 is 2.48 bits per heavy atom. The molecule has 1 unspecified atom stereocenters. The third kappa shape index (κ3) is 3.55. The number of carbonyl (C=O) groups is 1. The molecule has 6 nitrogen and oxygen atoms in total. The molecule has 7 heteroatoms. The van der Waals surface area contributed by atoms with Crippen molar-refractivity contribution in [3.63, 3.8) is 0 Å². The fourth-order valence-electron chi connectivity index (χ4n) is 4.03. The average molecular weight is 430 g/mol. The maximum Gasteiger partial charge on any atom is 0.254 e. The molecule has 0 N–H and O–H groups in total. The van der Waals surface area contributed by atoms with E-state index in [1.54, 1.807) is 11.3 Å². The van der Waals surface area contributed by atoms with E-state index < -0.39 is 0 Å². The van der Waals surface area contributed by atoms with E-state index in [-0.39, 0.29) is 11.9 Å². The molecule has 0 saturated heterocycles. The van der Waals surface area contributed by atoms with Crippen LogP contribution in [0.4, 0.5) is 0 Å². The maximum absolute atomic E-state index is 13.2. The Hall–Kier alpha value is -3.32. The molecule has 2 aromatic heterocycles. The summed E-state index contributed by atoms with van der Waals surface area (Å²) in [5, 5.41) is 11.9. The Bertz CT molecular complexity index is 1210. The van der Waals surface area contributed by atoms with Crippen LogP contribution in [0.25, 0.3) is 22.6 Å². The van der Waals surface area contributed by atoms with Crippen LogP contribution in [0.2, 0.25) is 0 Å².